The zero-order valence-corrected chi connectivity index (χ0v) is 13.8. The van der Waals surface area contributed by atoms with Crippen molar-refractivity contribution in [3.8, 4) is 5.75 Å². The van der Waals surface area contributed by atoms with Crippen LogP contribution in [0.3, 0.4) is 0 Å². The Labute approximate surface area is 136 Å². The van der Waals surface area contributed by atoms with E-state index in [1.165, 1.54) is 4.90 Å². The van der Waals surface area contributed by atoms with Gasteiger partial charge in [-0.3, -0.25) is 4.79 Å². The van der Waals surface area contributed by atoms with Gasteiger partial charge in [0, 0.05) is 22.6 Å². The van der Waals surface area contributed by atoms with Crippen LogP contribution in [0.5, 0.6) is 5.75 Å². The normalized spacial score (nSPS) is 10.4. The van der Waals surface area contributed by atoms with E-state index >= 15 is 0 Å². The number of carbonyl (C=O) groups is 1. The first-order valence-electron chi connectivity index (χ1n) is 7.73. The van der Waals surface area contributed by atoms with Gasteiger partial charge in [0.1, 0.15) is 5.75 Å². The van der Waals surface area contributed by atoms with Crippen molar-refractivity contribution < 1.29 is 9.53 Å². The third-order valence-corrected chi connectivity index (χ3v) is 4.32. The van der Waals surface area contributed by atoms with Crippen LogP contribution < -0.4 is 4.74 Å². The van der Waals surface area contributed by atoms with Crippen molar-refractivity contribution in [1.82, 2.24) is 0 Å². The van der Waals surface area contributed by atoms with E-state index < -0.39 is 0 Å². The Balaban J connectivity index is 1.68. The molecular formula is C19H22O2S. The molecule has 0 amide bonds. The van der Waals surface area contributed by atoms with Crippen LogP contribution in [0.1, 0.15) is 36.5 Å². The lowest BCUT2D eigenvalue weighted by atomic mass is 10.1. The van der Waals surface area contributed by atoms with Crippen molar-refractivity contribution in [3.05, 3.63) is 60.2 Å². The molecule has 22 heavy (non-hydrogen) atoms. The third kappa shape index (κ3) is 5.57. The van der Waals surface area contributed by atoms with Crippen molar-refractivity contribution >= 4 is 17.5 Å². The van der Waals surface area contributed by atoms with Gasteiger partial charge in [0.2, 0.25) is 0 Å². The minimum atomic E-state index is 0.232. The summed E-state index contributed by atoms with van der Waals surface area (Å²) in [6, 6.07) is 17.8. The van der Waals surface area contributed by atoms with Gasteiger partial charge >= 0.3 is 0 Å². The molecule has 0 atom stereocenters. The summed E-state index contributed by atoms with van der Waals surface area (Å²) in [5.41, 5.74) is 0.818. The molecule has 0 unspecified atom stereocenters. The fourth-order valence-corrected chi connectivity index (χ4v) is 2.89. The molecule has 0 N–H and O–H groups in total. The number of rotatable bonds is 9. The highest BCUT2D eigenvalue weighted by Crippen LogP contribution is 2.20. The average Bonchev–Trinajstić information content (AvgIpc) is 2.56. The molecule has 0 aliphatic rings. The Morgan fingerprint density at radius 2 is 1.77 bits per heavy atom. The highest BCUT2D eigenvalue weighted by atomic mass is 32.2. The molecule has 0 saturated heterocycles. The van der Waals surface area contributed by atoms with Crippen molar-refractivity contribution in [2.24, 2.45) is 0 Å². The number of benzene rings is 2. The van der Waals surface area contributed by atoms with E-state index in [0.29, 0.717) is 6.42 Å². The molecule has 0 aromatic heterocycles. The molecule has 3 heteroatoms. The lowest BCUT2D eigenvalue weighted by Crippen LogP contribution is -1.99. The SMILES string of the molecule is CCCC(=O)c1ccc(SCCCOc2ccccc2)cc1. The second-order valence-electron chi connectivity index (χ2n) is 5.06. The number of thioether (sulfide) groups is 1. The molecule has 0 spiro atoms. The van der Waals surface area contributed by atoms with Gasteiger partial charge in [-0.1, -0.05) is 37.3 Å². The molecule has 2 aromatic carbocycles. The first-order valence-corrected chi connectivity index (χ1v) is 8.72. The topological polar surface area (TPSA) is 26.3 Å². The molecule has 0 radical (unpaired) electrons. The van der Waals surface area contributed by atoms with Gasteiger partial charge < -0.3 is 4.74 Å². The molecule has 0 heterocycles. The number of hydrogen-bond donors (Lipinski definition) is 0. The first kappa shape index (κ1) is 16.6. The van der Waals surface area contributed by atoms with Crippen LogP contribution in [0.2, 0.25) is 0 Å². The van der Waals surface area contributed by atoms with Gasteiger partial charge in [0.25, 0.3) is 0 Å². The van der Waals surface area contributed by atoms with Crippen LogP contribution in [0.4, 0.5) is 0 Å². The largest absolute Gasteiger partial charge is 0.494 e. The monoisotopic (exact) mass is 314 g/mol. The van der Waals surface area contributed by atoms with Crippen molar-refractivity contribution in [2.75, 3.05) is 12.4 Å². The highest BCUT2D eigenvalue weighted by molar-refractivity contribution is 7.99. The van der Waals surface area contributed by atoms with Gasteiger partial charge in [-0.2, -0.15) is 0 Å². The van der Waals surface area contributed by atoms with E-state index in [1.807, 2.05) is 61.5 Å². The van der Waals surface area contributed by atoms with E-state index in [0.717, 1.165) is 36.5 Å². The summed E-state index contributed by atoms with van der Waals surface area (Å²) in [4.78, 5) is 13.0. The molecule has 0 aliphatic heterocycles. The van der Waals surface area contributed by atoms with Crippen LogP contribution in [0.15, 0.2) is 59.5 Å². The van der Waals surface area contributed by atoms with E-state index in [9.17, 15) is 4.79 Å². The summed E-state index contributed by atoms with van der Waals surface area (Å²) in [7, 11) is 0. The molecule has 2 rings (SSSR count). The highest BCUT2D eigenvalue weighted by Gasteiger charge is 2.04. The standard InChI is InChI=1S/C19H22O2S/c1-2-7-19(20)16-10-12-18(13-11-16)22-15-6-14-21-17-8-4-3-5-9-17/h3-5,8-13H,2,6-7,14-15H2,1H3. The number of Topliss-reactive ketones (excluding diaryl/α,β-unsaturated/α-hetero) is 1. The molecule has 116 valence electrons. The summed E-state index contributed by atoms with van der Waals surface area (Å²) in [6.07, 6.45) is 2.52. The molecule has 0 fully saturated rings. The minimum Gasteiger partial charge on any atom is -0.494 e. The fraction of sp³-hybridized carbons (Fsp3) is 0.316. The van der Waals surface area contributed by atoms with Crippen LogP contribution in [0.25, 0.3) is 0 Å². The molecule has 0 saturated carbocycles. The Morgan fingerprint density at radius 3 is 2.45 bits per heavy atom. The van der Waals surface area contributed by atoms with Crippen LogP contribution >= 0.6 is 11.8 Å². The third-order valence-electron chi connectivity index (χ3n) is 3.22. The molecular weight excluding hydrogens is 292 g/mol. The summed E-state index contributed by atoms with van der Waals surface area (Å²) in [5.74, 6) is 2.16. The molecule has 2 nitrogen and oxygen atoms in total. The van der Waals surface area contributed by atoms with E-state index in [2.05, 4.69) is 0 Å². The zero-order chi connectivity index (χ0) is 15.6. The van der Waals surface area contributed by atoms with E-state index in [1.54, 1.807) is 11.8 Å². The summed E-state index contributed by atoms with van der Waals surface area (Å²) in [6.45, 7) is 2.75. The van der Waals surface area contributed by atoms with Crippen LogP contribution in [-0.4, -0.2) is 18.1 Å². The van der Waals surface area contributed by atoms with Gasteiger partial charge in [-0.25, -0.2) is 0 Å². The van der Waals surface area contributed by atoms with Crippen LogP contribution in [0, 0.1) is 0 Å². The second-order valence-corrected chi connectivity index (χ2v) is 6.23. The number of para-hydroxylation sites is 1. The van der Waals surface area contributed by atoms with E-state index in [4.69, 9.17) is 4.74 Å². The quantitative estimate of drug-likeness (QED) is 0.360. The Kier molecular flexibility index (Phi) is 7.04. The predicted octanol–water partition coefficient (Wildman–Crippen LogP) is 5.23. The Morgan fingerprint density at radius 1 is 1.05 bits per heavy atom. The number of carbonyl (C=O) groups excluding carboxylic acids is 1. The maximum atomic E-state index is 11.8. The first-order chi connectivity index (χ1) is 10.8. The predicted molar refractivity (Wildman–Crippen MR) is 93.0 cm³/mol. The number of hydrogen-bond acceptors (Lipinski definition) is 3. The van der Waals surface area contributed by atoms with Crippen molar-refractivity contribution in [1.29, 1.82) is 0 Å². The summed E-state index contributed by atoms with van der Waals surface area (Å²) >= 11 is 1.80. The Bertz CT molecular complexity index is 564. The molecule has 2 aromatic rings. The lowest BCUT2D eigenvalue weighted by Gasteiger charge is -2.06. The molecule has 0 aliphatic carbocycles. The van der Waals surface area contributed by atoms with Crippen LogP contribution in [-0.2, 0) is 0 Å². The minimum absolute atomic E-state index is 0.232. The maximum absolute atomic E-state index is 11.8. The van der Waals surface area contributed by atoms with E-state index in [-0.39, 0.29) is 5.78 Å². The number of ketones is 1. The van der Waals surface area contributed by atoms with Crippen molar-refractivity contribution in [3.63, 3.8) is 0 Å². The number of ether oxygens (including phenoxy) is 1. The zero-order valence-electron chi connectivity index (χ0n) is 13.0. The average molecular weight is 314 g/mol. The van der Waals surface area contributed by atoms with Gasteiger partial charge in [-0.05, 0) is 37.1 Å². The molecule has 0 bridgehead atoms. The lowest BCUT2D eigenvalue weighted by molar-refractivity contribution is 0.0981. The van der Waals surface area contributed by atoms with Gasteiger partial charge in [-0.15, -0.1) is 11.8 Å². The van der Waals surface area contributed by atoms with Gasteiger partial charge in [0.05, 0.1) is 6.61 Å². The Hall–Kier alpha value is -1.74. The summed E-state index contributed by atoms with van der Waals surface area (Å²) in [5, 5.41) is 0. The van der Waals surface area contributed by atoms with Gasteiger partial charge in [0.15, 0.2) is 5.78 Å². The van der Waals surface area contributed by atoms with Crippen molar-refractivity contribution in [2.45, 2.75) is 31.1 Å². The fourth-order valence-electron chi connectivity index (χ4n) is 2.06. The second kappa shape index (κ2) is 9.31. The smallest absolute Gasteiger partial charge is 0.162 e. The summed E-state index contributed by atoms with van der Waals surface area (Å²) < 4.78 is 5.66. The maximum Gasteiger partial charge on any atom is 0.162 e.